The number of hydrogen-bond donors (Lipinski definition) is 1. The highest BCUT2D eigenvalue weighted by Gasteiger charge is 2.71. The molecular weight excluding hydrogens is 430 g/mol. The molecule has 0 spiro atoms. The van der Waals surface area contributed by atoms with Crippen molar-refractivity contribution >= 4 is 30.0 Å². The fraction of sp³-hybridized carbons (Fsp3) is 0.833. The van der Waals surface area contributed by atoms with Gasteiger partial charge in [0, 0.05) is 11.8 Å². The average molecular weight is 452 g/mol. The van der Waals surface area contributed by atoms with E-state index in [1.165, 1.54) is 0 Å². The monoisotopic (exact) mass is 452 g/mol. The van der Waals surface area contributed by atoms with E-state index < -0.39 is 76.7 Å². The van der Waals surface area contributed by atoms with Crippen molar-refractivity contribution in [3.05, 3.63) is 0 Å². The molecule has 4 rings (SSSR count). The van der Waals surface area contributed by atoms with Gasteiger partial charge in [0.25, 0.3) is 0 Å². The lowest BCUT2D eigenvalue weighted by Crippen LogP contribution is -2.47. The molecule has 6 atom stereocenters. The number of carbonyl (C=O) groups excluding carboxylic acids is 3. The Hall–Kier alpha value is -1.50. The van der Waals surface area contributed by atoms with Crippen molar-refractivity contribution in [1.82, 2.24) is 0 Å². The number of hydrogen-bond acceptors (Lipinski definition) is 10. The van der Waals surface area contributed by atoms with Crippen molar-refractivity contribution in [3.8, 4) is 0 Å². The molecule has 4 fully saturated rings. The van der Waals surface area contributed by atoms with Gasteiger partial charge in [0.15, 0.2) is 0 Å². The van der Waals surface area contributed by atoms with Gasteiger partial charge in [-0.1, -0.05) is 11.5 Å². The average Bonchev–Trinajstić information content (AvgIpc) is 3.30. The first-order valence-corrected chi connectivity index (χ1v) is 10.6. The highest BCUT2D eigenvalue weighted by atomic mass is 32.2. The third kappa shape index (κ3) is 3.67. The molecule has 4 aliphatic rings. The lowest BCUT2D eigenvalue weighted by atomic mass is 9.78. The molecule has 0 aromatic carbocycles. The summed E-state index contributed by atoms with van der Waals surface area (Å²) in [5, 5.41) is 6.91. The van der Waals surface area contributed by atoms with E-state index in [4.69, 9.17) is 19.5 Å². The minimum atomic E-state index is -4.18. The smallest absolute Gasteiger partial charge is 0.415 e. The Kier molecular flexibility index (Phi) is 5.71. The van der Waals surface area contributed by atoms with Gasteiger partial charge in [0.2, 0.25) is 0 Å². The quantitative estimate of drug-likeness (QED) is 0.203. The second kappa shape index (κ2) is 7.88. The number of rotatable bonds is 7. The zero-order chi connectivity index (χ0) is 21.7. The zero-order valence-corrected chi connectivity index (χ0v) is 16.9. The first-order valence-electron chi connectivity index (χ1n) is 9.85. The van der Waals surface area contributed by atoms with Crippen LogP contribution >= 0.6 is 12.0 Å². The van der Waals surface area contributed by atoms with Crippen LogP contribution < -0.4 is 0 Å². The van der Waals surface area contributed by atoms with Gasteiger partial charge in [-0.05, 0) is 39.0 Å². The van der Waals surface area contributed by atoms with Crippen LogP contribution in [0.15, 0.2) is 0 Å². The molecular formula is C18H22F2O9S. The summed E-state index contributed by atoms with van der Waals surface area (Å²) in [5.74, 6) is -5.79. The summed E-state index contributed by atoms with van der Waals surface area (Å²) in [4.78, 5) is 37.3. The van der Waals surface area contributed by atoms with Crippen molar-refractivity contribution in [2.45, 2.75) is 68.5 Å². The van der Waals surface area contributed by atoms with E-state index in [0.29, 0.717) is 19.3 Å². The Morgan fingerprint density at radius 3 is 2.60 bits per heavy atom. The molecule has 1 heterocycles. The molecule has 12 heteroatoms. The second-order valence-electron chi connectivity index (χ2n) is 8.56. The second-order valence-corrected chi connectivity index (χ2v) is 9.38. The maximum absolute atomic E-state index is 13.8. The molecule has 1 N–H and O–H groups in total. The molecule has 0 aromatic rings. The minimum Gasteiger partial charge on any atom is -0.459 e. The molecule has 0 radical (unpaired) electrons. The number of fused-ring (bicyclic) bond motifs is 1. The van der Waals surface area contributed by atoms with E-state index in [0.717, 1.165) is 19.3 Å². The molecule has 3 aliphatic carbocycles. The lowest BCUT2D eigenvalue weighted by molar-refractivity contribution is -0.433. The largest absolute Gasteiger partial charge is 0.459 e. The fourth-order valence-electron chi connectivity index (χ4n) is 5.47. The van der Waals surface area contributed by atoms with E-state index in [1.54, 1.807) is 0 Å². The van der Waals surface area contributed by atoms with E-state index in [-0.39, 0.29) is 0 Å². The summed E-state index contributed by atoms with van der Waals surface area (Å²) in [5.41, 5.74) is -0.628. The number of carbonyl (C=O) groups is 3. The summed E-state index contributed by atoms with van der Waals surface area (Å²) in [6.07, 6.45) is 2.63. The molecule has 9 nitrogen and oxygen atoms in total. The normalized spacial score (nSPS) is 36.5. The highest BCUT2D eigenvalue weighted by molar-refractivity contribution is 7.96. The van der Waals surface area contributed by atoms with Gasteiger partial charge in [0.05, 0.1) is 11.8 Å². The van der Waals surface area contributed by atoms with Gasteiger partial charge in [-0.3, -0.25) is 9.59 Å². The third-order valence-electron chi connectivity index (χ3n) is 6.73. The van der Waals surface area contributed by atoms with Crippen LogP contribution in [0.3, 0.4) is 0 Å². The zero-order valence-electron chi connectivity index (χ0n) is 16.1. The maximum Gasteiger partial charge on any atom is 0.415 e. The predicted molar refractivity (Wildman–Crippen MR) is 93.3 cm³/mol. The third-order valence-corrected chi connectivity index (χ3v) is 7.23. The van der Waals surface area contributed by atoms with Gasteiger partial charge < -0.3 is 14.2 Å². The van der Waals surface area contributed by atoms with E-state index in [2.05, 4.69) is 9.37 Å². The van der Waals surface area contributed by atoms with Crippen molar-refractivity contribution in [3.63, 3.8) is 0 Å². The Morgan fingerprint density at radius 1 is 1.23 bits per heavy atom. The lowest BCUT2D eigenvalue weighted by Gasteiger charge is -2.36. The van der Waals surface area contributed by atoms with Gasteiger partial charge in [-0.25, -0.2) is 10.1 Å². The molecule has 0 amide bonds. The van der Waals surface area contributed by atoms with E-state index in [1.807, 2.05) is 6.92 Å². The van der Waals surface area contributed by atoms with Crippen LogP contribution in [0, 0.1) is 23.7 Å². The van der Waals surface area contributed by atoms with Crippen LogP contribution in [0.4, 0.5) is 8.78 Å². The Labute approximate surface area is 174 Å². The molecule has 168 valence electrons. The minimum absolute atomic E-state index is 0.338. The summed E-state index contributed by atoms with van der Waals surface area (Å²) in [7, 11) is 0. The Morgan fingerprint density at radius 2 is 1.93 bits per heavy atom. The topological polar surface area (TPSA) is 118 Å². The van der Waals surface area contributed by atoms with Gasteiger partial charge in [-0.2, -0.15) is 8.78 Å². The maximum atomic E-state index is 13.8. The van der Waals surface area contributed by atoms with Crippen molar-refractivity contribution in [2.75, 3.05) is 0 Å². The number of ether oxygens (including phenoxy) is 3. The van der Waals surface area contributed by atoms with Gasteiger partial charge in [0.1, 0.15) is 29.9 Å². The SMILES string of the molecule is CC1(OC(=O)C2C3CC4C(OC(=O)C42)C3OC(=O)C(F)(F)SOOO)CCCCC1. The summed E-state index contributed by atoms with van der Waals surface area (Å²) >= 11 is -0.740. The van der Waals surface area contributed by atoms with Crippen LogP contribution in [0.1, 0.15) is 45.4 Å². The first-order chi connectivity index (χ1) is 14.2. The standard InChI is InChI=1S/C18H22F2O9S/c1-17(5-3-2-4-6-17)27-15(22)11-9-7-8-10(11)14(21)25-12(8)13(9)26-16(23)18(19,20)30-29-28-24/h8-13,24H,2-7H2,1H3. The first kappa shape index (κ1) is 21.7. The Bertz CT molecular complexity index is 726. The van der Waals surface area contributed by atoms with Crippen molar-refractivity contribution in [2.24, 2.45) is 23.7 Å². The molecule has 6 unspecified atom stereocenters. The van der Waals surface area contributed by atoms with Crippen LogP contribution in [-0.2, 0) is 38.0 Å². The van der Waals surface area contributed by atoms with Crippen LogP contribution in [0.5, 0.6) is 0 Å². The summed E-state index contributed by atoms with van der Waals surface area (Å²) in [6.45, 7) is 1.85. The van der Waals surface area contributed by atoms with Gasteiger partial charge >= 0.3 is 23.2 Å². The Balaban J connectivity index is 1.49. The molecule has 0 aromatic heterocycles. The van der Waals surface area contributed by atoms with Crippen LogP contribution in [0.2, 0.25) is 0 Å². The highest BCUT2D eigenvalue weighted by Crippen LogP contribution is 2.59. The molecule has 1 aliphatic heterocycles. The molecule has 2 bridgehead atoms. The van der Waals surface area contributed by atoms with Crippen LogP contribution in [-0.4, -0.2) is 46.2 Å². The van der Waals surface area contributed by atoms with E-state index in [9.17, 15) is 23.2 Å². The predicted octanol–water partition coefficient (Wildman–Crippen LogP) is 2.63. The van der Waals surface area contributed by atoms with Crippen molar-refractivity contribution < 1.29 is 52.0 Å². The van der Waals surface area contributed by atoms with Crippen molar-refractivity contribution in [1.29, 1.82) is 0 Å². The summed E-state index contributed by atoms with van der Waals surface area (Å²) in [6, 6.07) is 0. The number of halogens is 2. The summed E-state index contributed by atoms with van der Waals surface area (Å²) < 4.78 is 47.3. The fourth-order valence-corrected chi connectivity index (χ4v) is 5.70. The number of esters is 3. The molecule has 30 heavy (non-hydrogen) atoms. The molecule has 3 saturated carbocycles. The van der Waals surface area contributed by atoms with E-state index >= 15 is 0 Å². The molecule has 1 saturated heterocycles. The number of alkyl halides is 2. The van der Waals surface area contributed by atoms with Crippen LogP contribution in [0.25, 0.3) is 0 Å². The van der Waals surface area contributed by atoms with Gasteiger partial charge in [-0.15, -0.1) is 4.33 Å².